The molecule has 0 fully saturated rings. The first kappa shape index (κ1) is 15.9. The molecule has 20 heavy (non-hydrogen) atoms. The number of primary amides is 1. The number of carbonyl (C=O) groups is 3. The summed E-state index contributed by atoms with van der Waals surface area (Å²) in [4.78, 5) is 33.0. The quantitative estimate of drug-likeness (QED) is 0.635. The number of urea groups is 1. The minimum absolute atomic E-state index is 0.131. The summed E-state index contributed by atoms with van der Waals surface area (Å²) in [5.41, 5.74) is 4.73. The van der Waals surface area contributed by atoms with Crippen LogP contribution < -0.4 is 16.4 Å². The third-order valence-corrected chi connectivity index (χ3v) is 2.68. The lowest BCUT2D eigenvalue weighted by molar-refractivity contribution is -0.140. The number of carboxylic acids is 1. The fourth-order valence-electron chi connectivity index (χ4n) is 1.31. The first-order valence-corrected chi connectivity index (χ1v) is 6.12. The highest BCUT2D eigenvalue weighted by Crippen LogP contribution is 2.19. The zero-order valence-corrected chi connectivity index (χ0v) is 11.6. The van der Waals surface area contributed by atoms with E-state index in [1.54, 1.807) is 0 Å². The van der Waals surface area contributed by atoms with Crippen LogP contribution in [-0.2, 0) is 9.59 Å². The van der Waals surface area contributed by atoms with Crippen LogP contribution in [0.1, 0.15) is 6.42 Å². The number of benzene rings is 1. The maximum atomic E-state index is 13.5. The number of nitrogens with two attached hydrogens (primary N) is 1. The fraction of sp³-hybridized carbons (Fsp3) is 0.182. The number of amides is 3. The monoisotopic (exact) mass is 347 g/mol. The van der Waals surface area contributed by atoms with Crippen molar-refractivity contribution in [2.75, 3.05) is 5.32 Å². The maximum Gasteiger partial charge on any atom is 0.326 e. The molecule has 7 nitrogen and oxygen atoms in total. The number of carboxylic acid groups (broad SMARTS) is 1. The Kier molecular flexibility index (Phi) is 5.44. The van der Waals surface area contributed by atoms with Crippen LogP contribution >= 0.6 is 15.9 Å². The van der Waals surface area contributed by atoms with Gasteiger partial charge in [0.2, 0.25) is 5.91 Å². The molecule has 0 heterocycles. The minimum Gasteiger partial charge on any atom is -0.480 e. The Labute approximate surface area is 121 Å². The highest BCUT2D eigenvalue weighted by atomic mass is 79.9. The van der Waals surface area contributed by atoms with Crippen LogP contribution in [0.2, 0.25) is 0 Å². The van der Waals surface area contributed by atoms with Crippen molar-refractivity contribution < 1.29 is 23.9 Å². The van der Waals surface area contributed by atoms with Crippen molar-refractivity contribution in [1.29, 1.82) is 0 Å². The normalized spacial score (nSPS) is 11.5. The Morgan fingerprint density at radius 2 is 2.05 bits per heavy atom. The highest BCUT2D eigenvalue weighted by Gasteiger charge is 2.22. The third-order valence-electron chi connectivity index (χ3n) is 2.19. The third kappa shape index (κ3) is 4.84. The smallest absolute Gasteiger partial charge is 0.326 e. The molecule has 0 aliphatic carbocycles. The Bertz CT molecular complexity index is 552. The van der Waals surface area contributed by atoms with Gasteiger partial charge in [0.25, 0.3) is 0 Å². The molecule has 0 aliphatic heterocycles. The zero-order chi connectivity index (χ0) is 15.3. The summed E-state index contributed by atoms with van der Waals surface area (Å²) in [5.74, 6) is -3.00. The molecule has 1 atom stereocenters. The molecule has 108 valence electrons. The second-order valence-corrected chi connectivity index (χ2v) is 4.70. The molecule has 1 rings (SSSR count). The number of carbonyl (C=O) groups excluding carboxylic acids is 2. The van der Waals surface area contributed by atoms with Gasteiger partial charge < -0.3 is 21.5 Å². The van der Waals surface area contributed by atoms with Crippen molar-refractivity contribution in [3.8, 4) is 0 Å². The maximum absolute atomic E-state index is 13.5. The number of anilines is 1. The van der Waals surface area contributed by atoms with E-state index in [9.17, 15) is 18.8 Å². The summed E-state index contributed by atoms with van der Waals surface area (Å²) in [6, 6.07) is 1.48. The van der Waals surface area contributed by atoms with E-state index in [1.807, 2.05) is 5.32 Å². The number of nitrogens with one attached hydrogen (secondary N) is 2. The minimum atomic E-state index is -1.48. The average molecular weight is 348 g/mol. The molecule has 9 heteroatoms. The van der Waals surface area contributed by atoms with E-state index < -0.39 is 36.2 Å². The van der Waals surface area contributed by atoms with E-state index in [4.69, 9.17) is 10.8 Å². The Morgan fingerprint density at radius 3 is 2.55 bits per heavy atom. The molecule has 3 amide bonds. The lowest BCUT2D eigenvalue weighted by atomic mass is 10.2. The van der Waals surface area contributed by atoms with Crippen LogP contribution in [0.4, 0.5) is 14.9 Å². The van der Waals surface area contributed by atoms with Gasteiger partial charge in [0.15, 0.2) is 0 Å². The molecule has 0 saturated heterocycles. The summed E-state index contributed by atoms with van der Waals surface area (Å²) in [6.07, 6.45) is -0.564. The molecule has 0 radical (unpaired) electrons. The number of hydrogen-bond acceptors (Lipinski definition) is 3. The van der Waals surface area contributed by atoms with Crippen LogP contribution in [0.5, 0.6) is 0 Å². The van der Waals surface area contributed by atoms with Gasteiger partial charge in [0.05, 0.1) is 12.1 Å². The predicted octanol–water partition coefficient (Wildman–Crippen LogP) is 1.04. The molecule has 1 aromatic rings. The summed E-state index contributed by atoms with van der Waals surface area (Å²) >= 11 is 3.05. The number of rotatable bonds is 5. The van der Waals surface area contributed by atoms with Crippen LogP contribution in [0, 0.1) is 5.82 Å². The van der Waals surface area contributed by atoms with Gasteiger partial charge in [0, 0.05) is 4.47 Å². The number of aliphatic carboxylic acids is 1. The summed E-state index contributed by atoms with van der Waals surface area (Å²) in [6.45, 7) is 0. The molecular weight excluding hydrogens is 337 g/mol. The average Bonchev–Trinajstić information content (AvgIpc) is 2.31. The summed E-state index contributed by atoms with van der Waals surface area (Å²) in [5, 5.41) is 12.9. The predicted molar refractivity (Wildman–Crippen MR) is 71.5 cm³/mol. The lowest BCUT2D eigenvalue weighted by Crippen LogP contribution is -2.45. The Morgan fingerprint density at radius 1 is 1.40 bits per heavy atom. The van der Waals surface area contributed by atoms with E-state index in [1.165, 1.54) is 12.1 Å². The molecule has 0 aliphatic rings. The molecule has 5 N–H and O–H groups in total. The largest absolute Gasteiger partial charge is 0.480 e. The first-order valence-electron chi connectivity index (χ1n) is 5.33. The molecular formula is C11H11BrFN3O4. The van der Waals surface area contributed by atoms with E-state index in [2.05, 4.69) is 21.2 Å². The Hall–Kier alpha value is -2.16. The van der Waals surface area contributed by atoms with Crippen LogP contribution in [0.25, 0.3) is 0 Å². The van der Waals surface area contributed by atoms with Gasteiger partial charge in [0.1, 0.15) is 11.9 Å². The lowest BCUT2D eigenvalue weighted by Gasteiger charge is -2.14. The van der Waals surface area contributed by atoms with Gasteiger partial charge in [-0.1, -0.05) is 15.9 Å². The number of halogens is 2. The van der Waals surface area contributed by atoms with Crippen LogP contribution in [0.15, 0.2) is 22.7 Å². The van der Waals surface area contributed by atoms with Crippen molar-refractivity contribution in [2.45, 2.75) is 12.5 Å². The van der Waals surface area contributed by atoms with Crippen molar-refractivity contribution in [3.05, 3.63) is 28.5 Å². The second kappa shape index (κ2) is 6.85. The van der Waals surface area contributed by atoms with Gasteiger partial charge in [-0.15, -0.1) is 0 Å². The van der Waals surface area contributed by atoms with E-state index >= 15 is 0 Å². The standard InChI is InChI=1S/C11H11BrFN3O4/c12-5-1-2-7(6(13)3-5)15-11(20)16-8(10(18)19)4-9(14)17/h1-3,8H,4H2,(H2,14,17)(H,18,19)(H2,15,16,20)/t8-/m0/s1. The van der Waals surface area contributed by atoms with Gasteiger partial charge in [-0.25, -0.2) is 14.0 Å². The van der Waals surface area contributed by atoms with Gasteiger partial charge in [-0.3, -0.25) is 4.79 Å². The summed E-state index contributed by atoms with van der Waals surface area (Å²) < 4.78 is 13.9. The first-order chi connectivity index (χ1) is 9.29. The highest BCUT2D eigenvalue weighted by molar-refractivity contribution is 9.10. The molecule has 1 aromatic carbocycles. The molecule has 0 aromatic heterocycles. The summed E-state index contributed by atoms with van der Waals surface area (Å²) in [7, 11) is 0. The Balaban J connectivity index is 2.70. The van der Waals surface area contributed by atoms with Crippen molar-refractivity contribution >= 4 is 39.5 Å². The van der Waals surface area contributed by atoms with Gasteiger partial charge >= 0.3 is 12.0 Å². The van der Waals surface area contributed by atoms with E-state index in [-0.39, 0.29) is 5.69 Å². The van der Waals surface area contributed by atoms with Crippen LogP contribution in [0.3, 0.4) is 0 Å². The van der Waals surface area contributed by atoms with Crippen LogP contribution in [-0.4, -0.2) is 29.1 Å². The van der Waals surface area contributed by atoms with Gasteiger partial charge in [-0.2, -0.15) is 0 Å². The van der Waals surface area contributed by atoms with E-state index in [0.29, 0.717) is 4.47 Å². The van der Waals surface area contributed by atoms with Crippen molar-refractivity contribution in [2.24, 2.45) is 5.73 Å². The molecule has 0 saturated carbocycles. The zero-order valence-electron chi connectivity index (χ0n) is 10.0. The molecule has 0 spiro atoms. The van der Waals surface area contributed by atoms with E-state index in [0.717, 1.165) is 6.07 Å². The van der Waals surface area contributed by atoms with Gasteiger partial charge in [-0.05, 0) is 18.2 Å². The topological polar surface area (TPSA) is 122 Å². The molecule has 0 bridgehead atoms. The second-order valence-electron chi connectivity index (χ2n) is 3.78. The fourth-order valence-corrected chi connectivity index (χ4v) is 1.64. The van der Waals surface area contributed by atoms with Crippen molar-refractivity contribution in [3.63, 3.8) is 0 Å². The SMILES string of the molecule is NC(=O)C[C@H](NC(=O)Nc1ccc(Br)cc1F)C(=O)O. The van der Waals surface area contributed by atoms with Crippen molar-refractivity contribution in [1.82, 2.24) is 5.32 Å². The number of hydrogen-bond donors (Lipinski definition) is 4. The molecule has 0 unspecified atom stereocenters.